The Labute approximate surface area is 214 Å². The first-order valence-corrected chi connectivity index (χ1v) is 13.2. The summed E-state index contributed by atoms with van der Waals surface area (Å²) in [7, 11) is 0. The Morgan fingerprint density at radius 2 is 1.81 bits per heavy atom. The molecule has 36 heavy (non-hydrogen) atoms. The molecular weight excluding hydrogens is 486 g/mol. The van der Waals surface area contributed by atoms with Crippen LogP contribution in [0.3, 0.4) is 0 Å². The number of benzene rings is 1. The topological polar surface area (TPSA) is 185 Å². The Morgan fingerprint density at radius 1 is 1.11 bits per heavy atom. The minimum Gasteiger partial charge on any atom is -0.480 e. The van der Waals surface area contributed by atoms with Gasteiger partial charge in [0, 0.05) is 19.4 Å². The summed E-state index contributed by atoms with van der Waals surface area (Å²) in [6.45, 7) is 0.396. The van der Waals surface area contributed by atoms with Crippen LogP contribution in [0.15, 0.2) is 30.3 Å². The zero-order chi connectivity index (χ0) is 26.7. The highest BCUT2D eigenvalue weighted by atomic mass is 32.2. The molecule has 4 amide bonds. The van der Waals surface area contributed by atoms with E-state index in [0.717, 1.165) is 11.3 Å². The highest BCUT2D eigenvalue weighted by molar-refractivity contribution is 7.98. The lowest BCUT2D eigenvalue weighted by Crippen LogP contribution is -2.57. The first-order chi connectivity index (χ1) is 17.1. The molecule has 1 saturated heterocycles. The second-order valence-electron chi connectivity index (χ2n) is 8.73. The molecule has 0 radical (unpaired) electrons. The summed E-state index contributed by atoms with van der Waals surface area (Å²) in [4.78, 5) is 63.3. The normalized spacial score (nSPS) is 17.6. The van der Waals surface area contributed by atoms with Crippen molar-refractivity contribution in [1.82, 2.24) is 15.5 Å². The van der Waals surface area contributed by atoms with Gasteiger partial charge in [0.05, 0.1) is 6.04 Å². The van der Waals surface area contributed by atoms with E-state index >= 15 is 0 Å². The van der Waals surface area contributed by atoms with Crippen molar-refractivity contribution >= 4 is 41.4 Å². The van der Waals surface area contributed by atoms with Gasteiger partial charge in [-0.1, -0.05) is 30.3 Å². The molecule has 2 rings (SSSR count). The van der Waals surface area contributed by atoms with Crippen LogP contribution in [-0.2, 0) is 30.4 Å². The van der Waals surface area contributed by atoms with Crippen LogP contribution in [0.2, 0.25) is 0 Å². The number of nitrogens with one attached hydrogen (secondary N) is 2. The van der Waals surface area contributed by atoms with Crippen LogP contribution in [0.4, 0.5) is 0 Å². The zero-order valence-corrected chi connectivity index (χ0v) is 21.2. The van der Waals surface area contributed by atoms with Crippen molar-refractivity contribution in [1.29, 1.82) is 0 Å². The van der Waals surface area contributed by atoms with Crippen molar-refractivity contribution in [3.8, 4) is 0 Å². The van der Waals surface area contributed by atoms with E-state index in [2.05, 4.69) is 10.6 Å². The number of likely N-dealkylation sites (tertiary alicyclic amines) is 1. The average molecular weight is 522 g/mol. The lowest BCUT2D eigenvalue weighted by Gasteiger charge is -2.28. The molecule has 1 aromatic rings. The summed E-state index contributed by atoms with van der Waals surface area (Å²) < 4.78 is 0. The van der Waals surface area contributed by atoms with Crippen molar-refractivity contribution in [2.24, 2.45) is 11.5 Å². The van der Waals surface area contributed by atoms with E-state index < -0.39 is 47.9 Å². The SMILES string of the molecule is CSCCC(N)C(=O)N1CCCC1C(=O)NC(Cc1ccccc1)C(=O)NC(CCC(N)=O)C(=O)O. The zero-order valence-electron chi connectivity index (χ0n) is 20.4. The number of thioether (sulfide) groups is 1. The molecule has 7 N–H and O–H groups in total. The Hall–Kier alpha value is -3.12. The van der Waals surface area contributed by atoms with E-state index in [-0.39, 0.29) is 25.2 Å². The maximum atomic E-state index is 13.2. The van der Waals surface area contributed by atoms with Gasteiger partial charge in [-0.05, 0) is 43.3 Å². The number of nitrogens with two attached hydrogens (primary N) is 2. The van der Waals surface area contributed by atoms with E-state index in [0.29, 0.717) is 25.8 Å². The van der Waals surface area contributed by atoms with Crippen molar-refractivity contribution in [2.75, 3.05) is 18.6 Å². The maximum absolute atomic E-state index is 13.2. The number of aliphatic carboxylic acids is 1. The fraction of sp³-hybridized carbons (Fsp3) is 0.542. The van der Waals surface area contributed by atoms with Crippen LogP contribution >= 0.6 is 11.8 Å². The Balaban J connectivity index is 2.16. The molecule has 0 aliphatic carbocycles. The number of rotatable bonds is 14. The summed E-state index contributed by atoms with van der Waals surface area (Å²) in [5.41, 5.74) is 11.9. The van der Waals surface area contributed by atoms with E-state index in [9.17, 15) is 29.1 Å². The monoisotopic (exact) mass is 521 g/mol. The Morgan fingerprint density at radius 3 is 2.42 bits per heavy atom. The number of carbonyl (C=O) groups excluding carboxylic acids is 4. The molecule has 0 aromatic heterocycles. The van der Waals surface area contributed by atoms with Crippen molar-refractivity contribution in [2.45, 2.75) is 62.7 Å². The summed E-state index contributed by atoms with van der Waals surface area (Å²) in [5.74, 6) is -2.80. The first kappa shape index (κ1) is 29.1. The number of hydrogen-bond donors (Lipinski definition) is 5. The molecule has 198 valence electrons. The van der Waals surface area contributed by atoms with Gasteiger partial charge in [0.25, 0.3) is 0 Å². The lowest BCUT2D eigenvalue weighted by molar-refractivity contribution is -0.143. The van der Waals surface area contributed by atoms with Gasteiger partial charge in [-0.2, -0.15) is 11.8 Å². The minimum atomic E-state index is -1.35. The molecule has 0 spiro atoms. The standard InChI is InChI=1S/C24H35N5O6S/c1-36-13-11-16(25)23(33)29-12-5-8-19(29)22(32)28-18(14-15-6-3-2-4-7-15)21(31)27-17(24(34)35)9-10-20(26)30/h2-4,6-7,16-19H,5,8-14,25H2,1H3,(H2,26,30)(H,27,31)(H,28,32)(H,34,35). The predicted molar refractivity (Wildman–Crippen MR) is 136 cm³/mol. The maximum Gasteiger partial charge on any atom is 0.326 e. The molecule has 1 fully saturated rings. The quantitative estimate of drug-likeness (QED) is 0.219. The van der Waals surface area contributed by atoms with E-state index in [4.69, 9.17) is 11.5 Å². The van der Waals surface area contributed by atoms with E-state index in [1.54, 1.807) is 36.0 Å². The smallest absolute Gasteiger partial charge is 0.326 e. The number of carboxylic acids is 1. The van der Waals surface area contributed by atoms with Crippen LogP contribution in [-0.4, -0.2) is 82.3 Å². The lowest BCUT2D eigenvalue weighted by atomic mass is 10.0. The third-order valence-electron chi connectivity index (χ3n) is 6.00. The van der Waals surface area contributed by atoms with Gasteiger partial charge < -0.3 is 32.1 Å². The molecule has 11 nitrogen and oxygen atoms in total. The van der Waals surface area contributed by atoms with Crippen LogP contribution in [0.5, 0.6) is 0 Å². The average Bonchev–Trinajstić information content (AvgIpc) is 3.34. The molecule has 4 unspecified atom stereocenters. The molecule has 4 atom stereocenters. The minimum absolute atomic E-state index is 0.106. The third-order valence-corrected chi connectivity index (χ3v) is 6.64. The molecule has 1 aromatic carbocycles. The van der Waals surface area contributed by atoms with Gasteiger partial charge in [0.2, 0.25) is 23.6 Å². The number of carboxylic acid groups (broad SMARTS) is 1. The summed E-state index contributed by atoms with van der Waals surface area (Å²) in [6.07, 6.45) is 3.18. The van der Waals surface area contributed by atoms with Crippen LogP contribution < -0.4 is 22.1 Å². The number of nitrogens with zero attached hydrogens (tertiary/aromatic N) is 1. The summed E-state index contributed by atoms with van der Waals surface area (Å²) in [6, 6.07) is 5.01. The Bertz CT molecular complexity index is 931. The van der Waals surface area contributed by atoms with Gasteiger partial charge in [0.1, 0.15) is 18.1 Å². The fourth-order valence-electron chi connectivity index (χ4n) is 4.03. The third kappa shape index (κ3) is 8.83. The molecule has 1 aliphatic heterocycles. The number of primary amides is 1. The van der Waals surface area contributed by atoms with Crippen molar-refractivity contribution in [3.63, 3.8) is 0 Å². The van der Waals surface area contributed by atoms with Crippen molar-refractivity contribution < 1.29 is 29.1 Å². The van der Waals surface area contributed by atoms with Crippen molar-refractivity contribution in [3.05, 3.63) is 35.9 Å². The van der Waals surface area contributed by atoms with E-state index in [1.807, 2.05) is 12.3 Å². The highest BCUT2D eigenvalue weighted by Crippen LogP contribution is 2.20. The molecule has 12 heteroatoms. The second kappa shape index (κ2) is 14.4. The number of carbonyl (C=O) groups is 5. The molecular formula is C24H35N5O6S. The predicted octanol–water partition coefficient (Wildman–Crippen LogP) is -0.380. The summed E-state index contributed by atoms with van der Waals surface area (Å²) in [5, 5.41) is 14.6. The number of amides is 4. The summed E-state index contributed by atoms with van der Waals surface area (Å²) >= 11 is 1.58. The molecule has 1 aliphatic rings. The Kier molecular flexibility index (Phi) is 11.7. The van der Waals surface area contributed by atoms with Gasteiger partial charge in [-0.15, -0.1) is 0 Å². The molecule has 0 saturated carbocycles. The molecule has 1 heterocycles. The van der Waals surface area contributed by atoms with Gasteiger partial charge in [-0.3, -0.25) is 19.2 Å². The highest BCUT2D eigenvalue weighted by Gasteiger charge is 2.37. The largest absolute Gasteiger partial charge is 0.480 e. The van der Waals surface area contributed by atoms with Gasteiger partial charge >= 0.3 is 5.97 Å². The number of hydrogen-bond acceptors (Lipinski definition) is 7. The van der Waals surface area contributed by atoms with Gasteiger partial charge in [-0.25, -0.2) is 4.79 Å². The van der Waals surface area contributed by atoms with Crippen LogP contribution in [0, 0.1) is 0 Å². The van der Waals surface area contributed by atoms with Crippen LogP contribution in [0.1, 0.15) is 37.7 Å². The second-order valence-corrected chi connectivity index (χ2v) is 9.72. The molecule has 0 bridgehead atoms. The fourth-order valence-corrected chi connectivity index (χ4v) is 4.52. The van der Waals surface area contributed by atoms with E-state index in [1.165, 1.54) is 4.90 Å². The first-order valence-electron chi connectivity index (χ1n) is 11.8. The van der Waals surface area contributed by atoms with Crippen LogP contribution in [0.25, 0.3) is 0 Å². The van der Waals surface area contributed by atoms with Gasteiger partial charge in [0.15, 0.2) is 0 Å².